The van der Waals surface area contributed by atoms with E-state index in [1.807, 2.05) is 19.9 Å². The van der Waals surface area contributed by atoms with Crippen molar-refractivity contribution in [1.29, 1.82) is 0 Å². The Kier molecular flexibility index (Phi) is 3.82. The second-order valence-electron chi connectivity index (χ2n) is 4.26. The molecule has 0 saturated carbocycles. The first kappa shape index (κ1) is 13.2. The molecule has 3 N–H and O–H groups in total. The number of nitrogens with two attached hydrogens (primary N) is 1. The molecule has 96 valence electrons. The van der Waals surface area contributed by atoms with Crippen LogP contribution in [0, 0.1) is 5.92 Å². The third-order valence-corrected chi connectivity index (χ3v) is 4.18. The van der Waals surface area contributed by atoms with Crippen LogP contribution in [0.1, 0.15) is 13.8 Å². The van der Waals surface area contributed by atoms with Gasteiger partial charge in [-0.15, -0.1) is 11.3 Å². The van der Waals surface area contributed by atoms with Crippen molar-refractivity contribution >= 4 is 49.2 Å². The first-order chi connectivity index (χ1) is 8.49. The van der Waals surface area contributed by atoms with E-state index < -0.39 is 6.04 Å². The number of nitrogens with zero attached hydrogens (tertiary/aromatic N) is 2. The number of carbonyl (C=O) groups is 1. The molecule has 0 radical (unpaired) electrons. The average molecular weight is 329 g/mol. The molecule has 2 aromatic heterocycles. The molecule has 18 heavy (non-hydrogen) atoms. The van der Waals surface area contributed by atoms with Gasteiger partial charge in [-0.05, 0) is 27.9 Å². The highest BCUT2D eigenvalue weighted by atomic mass is 79.9. The van der Waals surface area contributed by atoms with Gasteiger partial charge in [0.05, 0.1) is 14.0 Å². The fraction of sp³-hybridized carbons (Fsp3) is 0.364. The van der Waals surface area contributed by atoms with Crippen molar-refractivity contribution < 1.29 is 4.79 Å². The van der Waals surface area contributed by atoms with Gasteiger partial charge in [0.1, 0.15) is 18.2 Å². The topological polar surface area (TPSA) is 80.9 Å². The molecule has 2 aromatic rings. The fourth-order valence-corrected chi connectivity index (χ4v) is 3.13. The number of thiophene rings is 1. The summed E-state index contributed by atoms with van der Waals surface area (Å²) in [5, 5.41) is 3.10. The van der Waals surface area contributed by atoms with Gasteiger partial charge >= 0.3 is 0 Å². The van der Waals surface area contributed by atoms with E-state index in [2.05, 4.69) is 31.2 Å². The maximum Gasteiger partial charge on any atom is 0.240 e. The van der Waals surface area contributed by atoms with Crippen molar-refractivity contribution in [1.82, 2.24) is 9.97 Å². The SMILES string of the molecule is CC(C)[C@H](Nc1ncnc2cc(Br)sc12)C(N)=O. The first-order valence-electron chi connectivity index (χ1n) is 5.45. The zero-order valence-corrected chi connectivity index (χ0v) is 12.4. The van der Waals surface area contributed by atoms with Crippen LogP contribution in [-0.4, -0.2) is 21.9 Å². The molecule has 1 amide bonds. The molecule has 2 heterocycles. The Balaban J connectivity index is 2.39. The number of amides is 1. The molecule has 7 heteroatoms. The van der Waals surface area contributed by atoms with Crippen LogP contribution in [0.4, 0.5) is 5.82 Å². The van der Waals surface area contributed by atoms with Gasteiger partial charge in [-0.2, -0.15) is 0 Å². The summed E-state index contributed by atoms with van der Waals surface area (Å²) >= 11 is 4.94. The molecule has 0 spiro atoms. The van der Waals surface area contributed by atoms with Crippen LogP contribution in [-0.2, 0) is 4.79 Å². The lowest BCUT2D eigenvalue weighted by Gasteiger charge is -2.19. The Morgan fingerprint density at radius 1 is 1.50 bits per heavy atom. The van der Waals surface area contributed by atoms with E-state index >= 15 is 0 Å². The molecular formula is C11H13BrN4OS. The highest BCUT2D eigenvalue weighted by Gasteiger charge is 2.21. The second kappa shape index (κ2) is 5.19. The summed E-state index contributed by atoms with van der Waals surface area (Å²) in [5.41, 5.74) is 6.23. The number of fused-ring (bicyclic) bond motifs is 1. The monoisotopic (exact) mass is 328 g/mol. The third kappa shape index (κ3) is 2.62. The normalized spacial score (nSPS) is 12.9. The van der Waals surface area contributed by atoms with Crippen molar-refractivity contribution in [3.05, 3.63) is 16.2 Å². The summed E-state index contributed by atoms with van der Waals surface area (Å²) in [5.74, 6) is 0.358. The van der Waals surface area contributed by atoms with Gasteiger partial charge < -0.3 is 11.1 Å². The summed E-state index contributed by atoms with van der Waals surface area (Å²) in [7, 11) is 0. The number of aromatic nitrogens is 2. The van der Waals surface area contributed by atoms with Gasteiger partial charge in [0.15, 0.2) is 0 Å². The molecule has 2 rings (SSSR count). The van der Waals surface area contributed by atoms with Crippen molar-refractivity contribution in [2.45, 2.75) is 19.9 Å². The van der Waals surface area contributed by atoms with E-state index in [0.717, 1.165) is 14.0 Å². The van der Waals surface area contributed by atoms with Crippen LogP contribution in [0.3, 0.4) is 0 Å². The number of nitrogens with one attached hydrogen (secondary N) is 1. The second-order valence-corrected chi connectivity index (χ2v) is 6.69. The zero-order valence-electron chi connectivity index (χ0n) is 9.98. The Labute approximate surface area is 117 Å². The molecule has 0 aliphatic carbocycles. The lowest BCUT2D eigenvalue weighted by atomic mass is 10.0. The third-order valence-electron chi connectivity index (χ3n) is 2.55. The van der Waals surface area contributed by atoms with Crippen molar-refractivity contribution in [2.75, 3.05) is 5.32 Å². The molecule has 0 aromatic carbocycles. The lowest BCUT2D eigenvalue weighted by molar-refractivity contribution is -0.119. The van der Waals surface area contributed by atoms with Crippen molar-refractivity contribution in [3.8, 4) is 0 Å². The largest absolute Gasteiger partial charge is 0.368 e. The fourth-order valence-electron chi connectivity index (χ4n) is 1.64. The lowest BCUT2D eigenvalue weighted by Crippen LogP contribution is -2.39. The zero-order chi connectivity index (χ0) is 13.3. The number of anilines is 1. The smallest absolute Gasteiger partial charge is 0.240 e. The Bertz CT molecular complexity index is 583. The molecule has 0 aliphatic rings. The highest BCUT2D eigenvalue weighted by Crippen LogP contribution is 2.32. The molecule has 1 atom stereocenters. The number of rotatable bonds is 4. The van der Waals surface area contributed by atoms with Crippen LogP contribution >= 0.6 is 27.3 Å². The summed E-state index contributed by atoms with van der Waals surface area (Å²) in [6.45, 7) is 3.87. The van der Waals surface area contributed by atoms with Crippen LogP contribution in [0.2, 0.25) is 0 Å². The molecule has 0 bridgehead atoms. The Morgan fingerprint density at radius 3 is 2.83 bits per heavy atom. The van der Waals surface area contributed by atoms with Crippen LogP contribution in [0.15, 0.2) is 16.2 Å². The minimum absolute atomic E-state index is 0.0934. The number of hydrogen-bond donors (Lipinski definition) is 2. The highest BCUT2D eigenvalue weighted by molar-refractivity contribution is 9.11. The van der Waals surface area contributed by atoms with Gasteiger partial charge in [0, 0.05) is 0 Å². The number of carbonyl (C=O) groups excluding carboxylic acids is 1. The molecule has 0 unspecified atom stereocenters. The van der Waals surface area contributed by atoms with Gasteiger partial charge in [-0.3, -0.25) is 4.79 Å². The van der Waals surface area contributed by atoms with Gasteiger partial charge in [0.25, 0.3) is 0 Å². The molecule has 0 saturated heterocycles. The Hall–Kier alpha value is -1.21. The van der Waals surface area contributed by atoms with E-state index in [1.165, 1.54) is 17.7 Å². The standard InChI is InChI=1S/C11H13BrN4OS/c1-5(2)8(10(13)17)16-11-9-6(14-4-15-11)3-7(12)18-9/h3-5,8H,1-2H3,(H2,13,17)(H,14,15,16)/t8-/m0/s1. The predicted molar refractivity (Wildman–Crippen MR) is 76.6 cm³/mol. The van der Waals surface area contributed by atoms with Crippen LogP contribution < -0.4 is 11.1 Å². The summed E-state index contributed by atoms with van der Waals surface area (Å²) in [6, 6.07) is 1.48. The van der Waals surface area contributed by atoms with Crippen molar-refractivity contribution in [3.63, 3.8) is 0 Å². The number of halogens is 1. The minimum atomic E-state index is -0.441. The summed E-state index contributed by atoms with van der Waals surface area (Å²) in [4.78, 5) is 19.8. The van der Waals surface area contributed by atoms with E-state index in [-0.39, 0.29) is 11.8 Å². The molecule has 0 aliphatic heterocycles. The number of hydrogen-bond acceptors (Lipinski definition) is 5. The maximum absolute atomic E-state index is 11.4. The van der Waals surface area contributed by atoms with E-state index in [1.54, 1.807) is 0 Å². The summed E-state index contributed by atoms with van der Waals surface area (Å²) in [6.07, 6.45) is 1.47. The van der Waals surface area contributed by atoms with E-state index in [0.29, 0.717) is 5.82 Å². The summed E-state index contributed by atoms with van der Waals surface area (Å²) < 4.78 is 1.89. The maximum atomic E-state index is 11.4. The van der Waals surface area contributed by atoms with Crippen LogP contribution in [0.5, 0.6) is 0 Å². The van der Waals surface area contributed by atoms with Gasteiger partial charge in [-0.1, -0.05) is 13.8 Å². The molecule has 5 nitrogen and oxygen atoms in total. The first-order valence-corrected chi connectivity index (χ1v) is 7.06. The van der Waals surface area contributed by atoms with E-state index in [9.17, 15) is 4.79 Å². The average Bonchev–Trinajstić information content (AvgIpc) is 2.65. The molecule has 0 fully saturated rings. The quantitative estimate of drug-likeness (QED) is 0.902. The Morgan fingerprint density at radius 2 is 2.22 bits per heavy atom. The van der Waals surface area contributed by atoms with Crippen LogP contribution in [0.25, 0.3) is 10.2 Å². The van der Waals surface area contributed by atoms with Crippen molar-refractivity contribution in [2.24, 2.45) is 11.7 Å². The minimum Gasteiger partial charge on any atom is -0.368 e. The van der Waals surface area contributed by atoms with Gasteiger partial charge in [-0.25, -0.2) is 9.97 Å². The molecular weight excluding hydrogens is 316 g/mol. The predicted octanol–water partition coefficient (Wildman–Crippen LogP) is 2.38. The van der Waals surface area contributed by atoms with E-state index in [4.69, 9.17) is 5.73 Å². The number of primary amides is 1. The van der Waals surface area contributed by atoms with Gasteiger partial charge in [0.2, 0.25) is 5.91 Å².